The van der Waals surface area contributed by atoms with Gasteiger partial charge < -0.3 is 14.6 Å². The Kier molecular flexibility index (Phi) is 5.39. The Morgan fingerprint density at radius 1 is 1.38 bits per heavy atom. The number of fused-ring (bicyclic) bond motifs is 5. The number of aliphatic hydroxyl groups is 1. The minimum atomic E-state index is -1.72. The fraction of sp³-hybridized carbons (Fsp3) is 0.708. The summed E-state index contributed by atoms with van der Waals surface area (Å²) in [6.45, 7) is 5.40. The van der Waals surface area contributed by atoms with E-state index >= 15 is 0 Å². The quantitative estimate of drug-likeness (QED) is 0.476. The maximum atomic E-state index is 13.3. The Hall–Kier alpha value is -1.37. The molecule has 0 bridgehead atoms. The lowest BCUT2D eigenvalue weighted by atomic mass is 9.46. The van der Waals surface area contributed by atoms with Crippen molar-refractivity contribution in [2.24, 2.45) is 28.6 Å². The van der Waals surface area contributed by atoms with Gasteiger partial charge in [-0.3, -0.25) is 4.79 Å². The van der Waals surface area contributed by atoms with Crippen LogP contribution in [0, 0.1) is 28.6 Å². The molecule has 0 aromatic rings. The van der Waals surface area contributed by atoms with Crippen LogP contribution in [0.25, 0.3) is 0 Å². The highest BCUT2D eigenvalue weighted by Gasteiger charge is 2.71. The molecule has 8 heteroatoms. The van der Waals surface area contributed by atoms with Crippen molar-refractivity contribution in [3.63, 3.8) is 0 Å². The van der Waals surface area contributed by atoms with E-state index in [-0.39, 0.29) is 31.1 Å². The van der Waals surface area contributed by atoms with Gasteiger partial charge in [-0.05, 0) is 63.0 Å². The molecule has 0 aliphatic heterocycles. The highest BCUT2D eigenvalue weighted by atomic mass is 35.5. The highest BCUT2D eigenvalue weighted by molar-refractivity contribution is 6.53. The summed E-state index contributed by atoms with van der Waals surface area (Å²) < 4.78 is 28.8. The zero-order valence-electron chi connectivity index (χ0n) is 20.3. The molecule has 0 aromatic carbocycles. The summed E-state index contributed by atoms with van der Waals surface area (Å²) in [6.07, 6.45) is 2.43. The number of alkyl halides is 2. The number of carbonyl (C=O) groups is 3. The summed E-state index contributed by atoms with van der Waals surface area (Å²) in [5.74, 6) is -3.15. The first-order valence-electron chi connectivity index (χ1n) is 12.2. The molecular weight excluding hydrogens is 455 g/mol. The van der Waals surface area contributed by atoms with Gasteiger partial charge in [0, 0.05) is 19.5 Å². The average Bonchev–Trinajstić information content (AvgIpc) is 3.05. The van der Waals surface area contributed by atoms with Gasteiger partial charge in [0.25, 0.3) is 0 Å². The van der Waals surface area contributed by atoms with E-state index in [1.165, 1.54) is 12.2 Å². The lowest BCUT2D eigenvalue weighted by molar-refractivity contribution is -0.212. The van der Waals surface area contributed by atoms with Crippen molar-refractivity contribution < 1.29 is 31.7 Å². The molecule has 0 amide bonds. The summed E-state index contributed by atoms with van der Waals surface area (Å²) in [5, 5.41) is 11.5. The Bertz CT molecular complexity index is 969. The normalized spacial score (nSPS) is 48.1. The molecule has 9 atom stereocenters. The fourth-order valence-electron chi connectivity index (χ4n) is 6.78. The number of hydrogen-bond acceptors (Lipinski definition) is 6. The van der Waals surface area contributed by atoms with E-state index in [0.29, 0.717) is 12.0 Å². The first-order valence-corrected chi connectivity index (χ1v) is 11.9. The Labute approximate surface area is 201 Å². The molecule has 4 aliphatic carbocycles. The molecule has 0 radical (unpaired) electrons. The van der Waals surface area contributed by atoms with Gasteiger partial charge in [0.1, 0.15) is 0 Å². The third-order valence-corrected chi connectivity index (χ3v) is 8.59. The van der Waals surface area contributed by atoms with E-state index in [1.807, 2.05) is 6.92 Å². The van der Waals surface area contributed by atoms with Crippen LogP contribution in [0.1, 0.15) is 55.6 Å². The molecule has 176 valence electrons. The Morgan fingerprint density at radius 2 is 2.09 bits per heavy atom. The third kappa shape index (κ3) is 3.28. The predicted octanol–water partition coefficient (Wildman–Crippen LogP) is 3.91. The van der Waals surface area contributed by atoms with Crippen LogP contribution in [0.4, 0.5) is 0 Å². The summed E-state index contributed by atoms with van der Waals surface area (Å²) >= 11 is 11.5. The molecule has 2 unspecified atom stereocenters. The molecule has 0 heterocycles. The number of carbonyl (C=O) groups excluding carboxylic acids is 3. The SMILES string of the molecule is [3H]C1C2=CC(=O)C=C[C@]2(C)[C@@H]2[C@@H](C1[3H])[C@@H]1CC[C@](OC(=O)C(Cl)Cl)(C(=O)OCC)[C@@]1(C)C[C@@H]2O. The van der Waals surface area contributed by atoms with Crippen molar-refractivity contribution in [1.82, 2.24) is 0 Å². The lowest BCUT2D eigenvalue weighted by Gasteiger charge is -2.59. The van der Waals surface area contributed by atoms with Crippen LogP contribution in [0.5, 0.6) is 0 Å². The van der Waals surface area contributed by atoms with Gasteiger partial charge in [0.2, 0.25) is 10.4 Å². The van der Waals surface area contributed by atoms with Crippen molar-refractivity contribution in [3.05, 3.63) is 23.8 Å². The monoisotopic (exact) mass is 488 g/mol. The van der Waals surface area contributed by atoms with E-state index in [4.69, 9.17) is 35.4 Å². The second-order valence-electron chi connectivity index (χ2n) is 9.68. The number of ether oxygens (including phenoxy) is 2. The van der Waals surface area contributed by atoms with Crippen molar-refractivity contribution in [3.8, 4) is 0 Å². The largest absolute Gasteiger partial charge is 0.463 e. The first-order chi connectivity index (χ1) is 15.8. The summed E-state index contributed by atoms with van der Waals surface area (Å²) in [6, 6.07) is 0. The minimum Gasteiger partial charge on any atom is -0.463 e. The van der Waals surface area contributed by atoms with Gasteiger partial charge in [0.05, 0.1) is 12.7 Å². The molecule has 6 nitrogen and oxygen atoms in total. The smallest absolute Gasteiger partial charge is 0.351 e. The van der Waals surface area contributed by atoms with E-state index in [0.717, 1.165) is 0 Å². The number of halogens is 2. The highest BCUT2D eigenvalue weighted by Crippen LogP contribution is 2.68. The number of hydrogen-bond donors (Lipinski definition) is 1. The fourth-order valence-corrected chi connectivity index (χ4v) is 6.87. The maximum Gasteiger partial charge on any atom is 0.351 e. The van der Waals surface area contributed by atoms with Crippen LogP contribution < -0.4 is 0 Å². The van der Waals surface area contributed by atoms with Crippen molar-refractivity contribution >= 4 is 40.9 Å². The van der Waals surface area contributed by atoms with E-state index < -0.39 is 63.9 Å². The maximum absolute atomic E-state index is 13.3. The van der Waals surface area contributed by atoms with Crippen LogP contribution in [0.3, 0.4) is 0 Å². The molecule has 0 spiro atoms. The van der Waals surface area contributed by atoms with Gasteiger partial charge in [-0.15, -0.1) is 0 Å². The summed E-state index contributed by atoms with van der Waals surface area (Å²) in [5.41, 5.74) is -3.02. The van der Waals surface area contributed by atoms with Crippen molar-refractivity contribution in [2.75, 3.05) is 6.61 Å². The Balaban J connectivity index is 1.82. The van der Waals surface area contributed by atoms with Gasteiger partial charge in [-0.1, -0.05) is 48.7 Å². The zero-order valence-corrected chi connectivity index (χ0v) is 19.9. The molecule has 1 N–H and O–H groups in total. The van der Waals surface area contributed by atoms with Gasteiger partial charge in [-0.25, -0.2) is 9.59 Å². The summed E-state index contributed by atoms with van der Waals surface area (Å²) in [7, 11) is 0. The zero-order chi connectivity index (χ0) is 25.2. The first kappa shape index (κ1) is 21.2. The van der Waals surface area contributed by atoms with Crippen molar-refractivity contribution in [1.29, 1.82) is 0 Å². The number of aliphatic hydroxyl groups excluding tert-OH is 1. The van der Waals surface area contributed by atoms with Crippen LogP contribution in [-0.4, -0.2) is 46.0 Å². The second-order valence-corrected chi connectivity index (χ2v) is 10.8. The molecule has 3 saturated carbocycles. The summed E-state index contributed by atoms with van der Waals surface area (Å²) in [4.78, 5) is 36.4. The number of allylic oxidation sites excluding steroid dienone is 4. The standard InChI is InChI=1S/C24H30Cl2O6/c1-4-31-21(30)24(32-20(29)19(25)26)10-8-16-15-6-5-13-11-14(27)7-9-22(13,2)18(15)17(28)12-23(16,24)3/h7,9,11,15-19,28H,4-6,8,10,12H2,1-3H3/t15-,16-,17-,18+,22-,23-,24-/m0/s1/i5T,6T/t5?,6?,15-,16-,17-,18+,22-,23-,24-. The molecule has 0 saturated heterocycles. The molecule has 4 aliphatic rings. The predicted molar refractivity (Wildman–Crippen MR) is 119 cm³/mol. The number of esters is 2. The van der Waals surface area contributed by atoms with E-state index in [2.05, 4.69) is 0 Å². The van der Waals surface area contributed by atoms with Crippen molar-refractivity contribution in [2.45, 2.75) is 69.4 Å². The molecular formula is C24H30Cl2O6. The minimum absolute atomic E-state index is 0.0690. The molecule has 4 rings (SSSR count). The second kappa shape index (κ2) is 8.14. The Morgan fingerprint density at radius 3 is 2.75 bits per heavy atom. The third-order valence-electron chi connectivity index (χ3n) is 8.24. The topological polar surface area (TPSA) is 89.9 Å². The van der Waals surface area contributed by atoms with E-state index in [9.17, 15) is 19.5 Å². The average molecular weight is 489 g/mol. The lowest BCUT2D eigenvalue weighted by Crippen LogP contribution is -2.63. The number of rotatable bonds is 4. The van der Waals surface area contributed by atoms with Gasteiger partial charge in [-0.2, -0.15) is 0 Å². The van der Waals surface area contributed by atoms with Crippen LogP contribution in [-0.2, 0) is 23.9 Å². The van der Waals surface area contributed by atoms with Crippen LogP contribution in [0.15, 0.2) is 23.8 Å². The van der Waals surface area contributed by atoms with Gasteiger partial charge in [0.15, 0.2) is 5.78 Å². The van der Waals surface area contributed by atoms with E-state index in [1.54, 1.807) is 19.9 Å². The number of ketones is 1. The molecule has 3 fully saturated rings. The molecule has 0 aromatic heterocycles. The van der Waals surface area contributed by atoms with Gasteiger partial charge >= 0.3 is 11.9 Å². The van der Waals surface area contributed by atoms with Crippen LogP contribution in [0.2, 0.25) is 0 Å². The molecule has 32 heavy (non-hydrogen) atoms. The van der Waals surface area contributed by atoms with Crippen LogP contribution >= 0.6 is 23.2 Å².